The molecule has 2 N–H and O–H groups in total. The van der Waals surface area contributed by atoms with Crippen LogP contribution in [0.15, 0.2) is 47.5 Å². The van der Waals surface area contributed by atoms with Gasteiger partial charge in [-0.15, -0.1) is 0 Å². The number of nitrogens with one attached hydrogen (secondary N) is 2. The Morgan fingerprint density at radius 2 is 1.26 bits per heavy atom. The molecule has 31 heavy (non-hydrogen) atoms. The van der Waals surface area contributed by atoms with Crippen LogP contribution >= 0.6 is 11.8 Å². The van der Waals surface area contributed by atoms with Gasteiger partial charge < -0.3 is 10.6 Å². The van der Waals surface area contributed by atoms with E-state index in [-0.39, 0.29) is 17.2 Å². The van der Waals surface area contributed by atoms with E-state index < -0.39 is 9.85 Å². The zero-order valence-electron chi connectivity index (χ0n) is 16.9. The fourth-order valence-corrected chi connectivity index (χ4v) is 4.20. The Bertz CT molecular complexity index is 1040. The van der Waals surface area contributed by atoms with Crippen LogP contribution in [0.2, 0.25) is 0 Å². The Morgan fingerprint density at radius 3 is 1.61 bits per heavy atom. The van der Waals surface area contributed by atoms with Gasteiger partial charge in [0.15, 0.2) is 5.78 Å². The molecule has 2 aromatic rings. The molecule has 0 amide bonds. The van der Waals surface area contributed by atoms with Gasteiger partial charge in [0.05, 0.1) is 9.85 Å². The van der Waals surface area contributed by atoms with Crippen LogP contribution in [-0.4, -0.2) is 41.2 Å². The highest BCUT2D eigenvalue weighted by atomic mass is 32.2. The Labute approximate surface area is 182 Å². The summed E-state index contributed by atoms with van der Waals surface area (Å²) in [5.41, 5.74) is 2.81. The van der Waals surface area contributed by atoms with Crippen LogP contribution in [0.3, 0.4) is 0 Å². The largest absolute Gasteiger partial charge is 0.383 e. The minimum Gasteiger partial charge on any atom is -0.383 e. The van der Waals surface area contributed by atoms with E-state index in [1.165, 1.54) is 23.9 Å². The van der Waals surface area contributed by atoms with E-state index >= 15 is 0 Å². The van der Waals surface area contributed by atoms with Gasteiger partial charge in [0.2, 0.25) is 0 Å². The van der Waals surface area contributed by atoms with Crippen LogP contribution in [0.5, 0.6) is 0 Å². The molecule has 1 aliphatic heterocycles. The summed E-state index contributed by atoms with van der Waals surface area (Å²) in [5, 5.41) is 28.1. The average molecular weight is 440 g/mol. The Kier molecular flexibility index (Phi) is 6.71. The van der Waals surface area contributed by atoms with E-state index in [1.54, 1.807) is 50.5 Å². The monoisotopic (exact) mass is 440 g/mol. The third-order valence-electron chi connectivity index (χ3n) is 4.76. The fraction of sp³-hybridized carbons (Fsp3) is 0.190. The van der Waals surface area contributed by atoms with Crippen molar-refractivity contribution in [1.29, 1.82) is 0 Å². The van der Waals surface area contributed by atoms with Crippen molar-refractivity contribution in [2.45, 2.75) is 0 Å². The second-order valence-electron chi connectivity index (χ2n) is 6.73. The highest BCUT2D eigenvalue weighted by molar-refractivity contribution is 7.99. The molecule has 0 unspecified atom stereocenters. The fourth-order valence-electron chi connectivity index (χ4n) is 3.23. The number of nitro groups is 2. The van der Waals surface area contributed by atoms with E-state index in [4.69, 9.17) is 0 Å². The summed E-state index contributed by atoms with van der Waals surface area (Å²) in [6.07, 6.45) is 3.31. The number of benzene rings is 2. The molecule has 0 atom stereocenters. The number of rotatable bonds is 6. The van der Waals surface area contributed by atoms with Gasteiger partial charge in [-0.1, -0.05) is 12.1 Å². The van der Waals surface area contributed by atoms with Crippen LogP contribution < -0.4 is 10.6 Å². The summed E-state index contributed by atoms with van der Waals surface area (Å²) >= 11 is 1.54. The predicted octanol–water partition coefficient (Wildman–Crippen LogP) is 4.37. The van der Waals surface area contributed by atoms with Gasteiger partial charge in [-0.2, -0.15) is 11.8 Å². The molecule has 0 bridgehead atoms. The van der Waals surface area contributed by atoms with Gasteiger partial charge in [0, 0.05) is 48.9 Å². The summed E-state index contributed by atoms with van der Waals surface area (Å²) < 4.78 is 0. The van der Waals surface area contributed by atoms with Crippen LogP contribution in [0.1, 0.15) is 11.1 Å². The van der Waals surface area contributed by atoms with Crippen molar-refractivity contribution in [2.75, 3.05) is 36.2 Å². The van der Waals surface area contributed by atoms with Crippen LogP contribution in [0, 0.1) is 20.2 Å². The molecule has 9 nitrogen and oxygen atoms in total. The molecule has 1 saturated heterocycles. The second kappa shape index (κ2) is 9.43. The molecule has 0 saturated carbocycles. The number of thioether (sulfide) groups is 1. The minimum absolute atomic E-state index is 0.0690. The van der Waals surface area contributed by atoms with Crippen molar-refractivity contribution in [3.8, 4) is 0 Å². The van der Waals surface area contributed by atoms with E-state index in [1.807, 2.05) is 0 Å². The van der Waals surface area contributed by atoms with E-state index in [0.29, 0.717) is 45.2 Å². The lowest BCUT2D eigenvalue weighted by atomic mass is 10.00. The smallest absolute Gasteiger partial charge is 0.292 e. The number of hydrogen-bond donors (Lipinski definition) is 2. The molecule has 0 spiro atoms. The number of nitrogens with zero attached hydrogens (tertiary/aromatic N) is 2. The molecule has 0 radical (unpaired) electrons. The van der Waals surface area contributed by atoms with Gasteiger partial charge in [-0.3, -0.25) is 25.0 Å². The molecule has 0 aliphatic carbocycles. The minimum atomic E-state index is -0.474. The molecule has 160 valence electrons. The first-order valence-electron chi connectivity index (χ1n) is 9.30. The summed E-state index contributed by atoms with van der Waals surface area (Å²) in [4.78, 5) is 34.6. The molecule has 10 heteroatoms. The zero-order valence-corrected chi connectivity index (χ0v) is 17.7. The van der Waals surface area contributed by atoms with Gasteiger partial charge >= 0.3 is 0 Å². The first-order valence-corrected chi connectivity index (χ1v) is 10.5. The normalized spacial score (nSPS) is 16.4. The van der Waals surface area contributed by atoms with Gasteiger partial charge in [0.1, 0.15) is 11.4 Å². The molecule has 1 aliphatic rings. The van der Waals surface area contributed by atoms with E-state index in [9.17, 15) is 25.0 Å². The summed E-state index contributed by atoms with van der Waals surface area (Å²) in [6.45, 7) is 0. The maximum absolute atomic E-state index is 13.0. The molecule has 0 aromatic heterocycles. The third-order valence-corrected chi connectivity index (χ3v) is 5.79. The number of Topliss-reactive ketones (excluding diaryl/α,β-unsaturated/α-hetero) is 1. The lowest BCUT2D eigenvalue weighted by molar-refractivity contribution is -0.384. The Balaban J connectivity index is 1.93. The highest BCUT2D eigenvalue weighted by Gasteiger charge is 2.22. The first kappa shape index (κ1) is 22.0. The van der Waals surface area contributed by atoms with Crippen molar-refractivity contribution in [1.82, 2.24) is 0 Å². The third kappa shape index (κ3) is 4.92. The molecule has 3 rings (SSSR count). The van der Waals surface area contributed by atoms with Crippen molar-refractivity contribution >= 4 is 52.4 Å². The standard InChI is InChI=1S/C21H20N4O5S/c1-22-17-5-3-13(9-19(17)24(27)28)7-15-11-31-12-16(21(15)26)8-14-4-6-18(23-2)20(10-14)25(29)30/h3-10,22-23H,11-12H2,1-2H3/b15-7+,16-8+. The number of anilines is 2. The van der Waals surface area contributed by atoms with Crippen molar-refractivity contribution in [3.05, 3.63) is 78.9 Å². The maximum Gasteiger partial charge on any atom is 0.292 e. The van der Waals surface area contributed by atoms with Crippen LogP contribution in [0.25, 0.3) is 12.2 Å². The Morgan fingerprint density at radius 1 is 0.839 bits per heavy atom. The number of ketones is 1. The highest BCUT2D eigenvalue weighted by Crippen LogP contribution is 2.31. The summed E-state index contributed by atoms with van der Waals surface area (Å²) in [6, 6.07) is 9.47. The van der Waals surface area contributed by atoms with Gasteiger partial charge in [-0.25, -0.2) is 0 Å². The average Bonchev–Trinajstić information content (AvgIpc) is 2.76. The van der Waals surface area contributed by atoms with Crippen LogP contribution in [-0.2, 0) is 4.79 Å². The van der Waals surface area contributed by atoms with Crippen molar-refractivity contribution in [2.24, 2.45) is 0 Å². The topological polar surface area (TPSA) is 127 Å². The predicted molar refractivity (Wildman–Crippen MR) is 124 cm³/mol. The Hall–Kier alpha value is -3.66. The van der Waals surface area contributed by atoms with Crippen molar-refractivity contribution < 1.29 is 14.6 Å². The number of nitro benzene ring substituents is 2. The molecular formula is C21H20N4O5S. The van der Waals surface area contributed by atoms with Gasteiger partial charge in [0.25, 0.3) is 11.4 Å². The van der Waals surface area contributed by atoms with Crippen LogP contribution in [0.4, 0.5) is 22.7 Å². The molecular weight excluding hydrogens is 420 g/mol. The number of hydrogen-bond acceptors (Lipinski definition) is 8. The number of carbonyl (C=O) groups is 1. The maximum atomic E-state index is 13.0. The summed E-state index contributed by atoms with van der Waals surface area (Å²) in [5.74, 6) is 0.798. The SMILES string of the molecule is CNc1ccc(/C=C2\CSC/C(=C\c3ccc(NC)c([N+](=O)[O-])c3)C2=O)cc1[N+](=O)[O-]. The lowest BCUT2D eigenvalue weighted by Crippen LogP contribution is -2.16. The van der Waals surface area contributed by atoms with Gasteiger partial charge in [-0.05, 0) is 35.4 Å². The number of carbonyl (C=O) groups excluding carboxylic acids is 1. The molecule has 2 aromatic carbocycles. The molecule has 1 heterocycles. The molecule has 1 fully saturated rings. The second-order valence-corrected chi connectivity index (χ2v) is 7.71. The van der Waals surface area contributed by atoms with E-state index in [2.05, 4.69) is 10.6 Å². The van der Waals surface area contributed by atoms with Crippen molar-refractivity contribution in [3.63, 3.8) is 0 Å². The zero-order chi connectivity index (χ0) is 22.5. The summed E-state index contributed by atoms with van der Waals surface area (Å²) in [7, 11) is 3.21. The van der Waals surface area contributed by atoms with E-state index in [0.717, 1.165) is 0 Å². The quantitative estimate of drug-likeness (QED) is 0.385. The first-order chi connectivity index (χ1) is 14.8. The lowest BCUT2D eigenvalue weighted by Gasteiger charge is -2.16.